The van der Waals surface area contributed by atoms with Gasteiger partial charge in [0.1, 0.15) is 0 Å². The van der Waals surface area contributed by atoms with E-state index >= 15 is 0 Å². The van der Waals surface area contributed by atoms with E-state index in [2.05, 4.69) is 5.32 Å². The summed E-state index contributed by atoms with van der Waals surface area (Å²) >= 11 is 0. The van der Waals surface area contributed by atoms with Gasteiger partial charge in [-0.3, -0.25) is 4.79 Å². The van der Waals surface area contributed by atoms with Crippen molar-refractivity contribution in [2.45, 2.75) is 24.2 Å². The quantitative estimate of drug-likeness (QED) is 0.665. The van der Waals surface area contributed by atoms with Gasteiger partial charge in [0.25, 0.3) is 0 Å². The lowest BCUT2D eigenvalue weighted by atomic mass is 9.99. The molecule has 3 N–H and O–H groups in total. The van der Waals surface area contributed by atoms with Crippen molar-refractivity contribution in [1.29, 1.82) is 0 Å². The van der Waals surface area contributed by atoms with Gasteiger partial charge in [-0.2, -0.15) is 4.31 Å². The van der Waals surface area contributed by atoms with E-state index in [0.29, 0.717) is 39.1 Å². The van der Waals surface area contributed by atoms with E-state index in [1.165, 1.54) is 4.31 Å². The second kappa shape index (κ2) is 10.8. The molecule has 1 heterocycles. The molecular formula is C17H28ClN3O4S. The van der Waals surface area contributed by atoms with Crippen molar-refractivity contribution >= 4 is 28.3 Å². The highest BCUT2D eigenvalue weighted by Crippen LogP contribution is 2.24. The third kappa shape index (κ3) is 5.92. The molecule has 26 heavy (non-hydrogen) atoms. The van der Waals surface area contributed by atoms with Crippen LogP contribution < -0.4 is 11.1 Å². The zero-order chi connectivity index (χ0) is 18.3. The summed E-state index contributed by atoms with van der Waals surface area (Å²) in [4.78, 5) is 12.4. The summed E-state index contributed by atoms with van der Waals surface area (Å²) in [5, 5.41) is 2.74. The fourth-order valence-electron chi connectivity index (χ4n) is 2.91. The Kier molecular flexibility index (Phi) is 9.52. The molecule has 0 spiro atoms. The minimum atomic E-state index is -3.59. The predicted molar refractivity (Wildman–Crippen MR) is 103 cm³/mol. The third-order valence-corrected chi connectivity index (χ3v) is 6.23. The van der Waals surface area contributed by atoms with Crippen molar-refractivity contribution in [3.63, 3.8) is 0 Å². The fraction of sp³-hybridized carbons (Fsp3) is 0.588. The number of rotatable bonds is 8. The van der Waals surface area contributed by atoms with E-state index in [1.807, 2.05) is 0 Å². The highest BCUT2D eigenvalue weighted by Gasteiger charge is 2.33. The van der Waals surface area contributed by atoms with Crippen LogP contribution in [0.1, 0.15) is 18.4 Å². The summed E-state index contributed by atoms with van der Waals surface area (Å²) < 4.78 is 32.1. The first-order valence-corrected chi connectivity index (χ1v) is 9.99. The van der Waals surface area contributed by atoms with Gasteiger partial charge in [0.05, 0.1) is 17.4 Å². The molecule has 9 heteroatoms. The lowest BCUT2D eigenvalue weighted by Gasteiger charge is -2.31. The topological polar surface area (TPSA) is 102 Å². The number of amides is 1. The Labute approximate surface area is 161 Å². The van der Waals surface area contributed by atoms with Gasteiger partial charge in [-0.15, -0.1) is 12.4 Å². The monoisotopic (exact) mass is 405 g/mol. The smallest absolute Gasteiger partial charge is 0.243 e. The van der Waals surface area contributed by atoms with Crippen LogP contribution in [0.4, 0.5) is 0 Å². The van der Waals surface area contributed by atoms with Crippen LogP contribution in [0, 0.1) is 5.92 Å². The molecule has 148 valence electrons. The molecule has 7 nitrogen and oxygen atoms in total. The average Bonchev–Trinajstić information content (AvgIpc) is 2.64. The summed E-state index contributed by atoms with van der Waals surface area (Å²) in [6, 6.07) is 6.86. The maximum absolute atomic E-state index is 12.8. The summed E-state index contributed by atoms with van der Waals surface area (Å²) in [6.45, 7) is 2.03. The van der Waals surface area contributed by atoms with E-state index in [0.717, 1.165) is 12.0 Å². The standard InChI is InChI=1S/C17H27N3O4S.ClH/c1-24-12-8-14-4-6-16(7-5-14)25(22,23)20-11-2-3-15(13-20)17(21)19-10-9-18;/h4-7,15H,2-3,8-13,18H2,1H3,(H,19,21);1H. The third-order valence-electron chi connectivity index (χ3n) is 4.35. The number of methoxy groups -OCH3 is 1. The first kappa shape index (κ1) is 22.9. The summed E-state index contributed by atoms with van der Waals surface area (Å²) in [6.07, 6.45) is 2.11. The van der Waals surface area contributed by atoms with Gasteiger partial charge in [0, 0.05) is 33.3 Å². The van der Waals surface area contributed by atoms with Crippen LogP contribution in [0.15, 0.2) is 29.2 Å². The maximum Gasteiger partial charge on any atom is 0.243 e. The molecule has 1 aromatic rings. The Morgan fingerprint density at radius 1 is 1.35 bits per heavy atom. The summed E-state index contributed by atoms with van der Waals surface area (Å²) in [5.41, 5.74) is 6.42. The van der Waals surface area contributed by atoms with Crippen LogP contribution >= 0.6 is 12.4 Å². The average molecular weight is 406 g/mol. The fourth-order valence-corrected chi connectivity index (χ4v) is 4.44. The molecule has 1 saturated heterocycles. The molecule has 0 aliphatic carbocycles. The lowest BCUT2D eigenvalue weighted by molar-refractivity contribution is -0.126. The largest absolute Gasteiger partial charge is 0.384 e. The molecule has 1 amide bonds. The van der Waals surface area contributed by atoms with E-state index in [4.69, 9.17) is 10.5 Å². The minimum Gasteiger partial charge on any atom is -0.384 e. The first-order valence-electron chi connectivity index (χ1n) is 8.55. The molecule has 1 fully saturated rings. The van der Waals surface area contributed by atoms with Gasteiger partial charge in [0.15, 0.2) is 0 Å². The van der Waals surface area contributed by atoms with Crippen molar-refractivity contribution in [2.24, 2.45) is 11.7 Å². The molecule has 1 atom stereocenters. The highest BCUT2D eigenvalue weighted by atomic mass is 35.5. The Bertz CT molecular complexity index is 667. The van der Waals surface area contributed by atoms with Crippen LogP contribution in [-0.2, 0) is 26.0 Å². The number of carbonyl (C=O) groups is 1. The molecule has 0 saturated carbocycles. The van der Waals surface area contributed by atoms with Gasteiger partial charge < -0.3 is 15.8 Å². The van der Waals surface area contributed by atoms with E-state index in [9.17, 15) is 13.2 Å². The summed E-state index contributed by atoms with van der Waals surface area (Å²) in [5.74, 6) is -0.448. The number of hydrogen-bond donors (Lipinski definition) is 2. The molecule has 0 radical (unpaired) electrons. The normalized spacial score (nSPS) is 18.2. The Morgan fingerprint density at radius 3 is 2.65 bits per heavy atom. The van der Waals surface area contributed by atoms with Gasteiger partial charge in [-0.1, -0.05) is 12.1 Å². The molecular weight excluding hydrogens is 378 g/mol. The minimum absolute atomic E-state index is 0. The number of nitrogens with zero attached hydrogens (tertiary/aromatic N) is 1. The number of piperidine rings is 1. The number of nitrogens with one attached hydrogen (secondary N) is 1. The zero-order valence-electron chi connectivity index (χ0n) is 15.0. The van der Waals surface area contributed by atoms with Gasteiger partial charge in [0.2, 0.25) is 15.9 Å². The maximum atomic E-state index is 12.8. The van der Waals surface area contributed by atoms with Crippen LogP contribution in [0.2, 0.25) is 0 Å². The number of carbonyl (C=O) groups excluding carboxylic acids is 1. The molecule has 1 aromatic carbocycles. The van der Waals surface area contributed by atoms with Crippen LogP contribution in [-0.4, -0.2) is 58.5 Å². The van der Waals surface area contributed by atoms with Crippen molar-refractivity contribution in [3.05, 3.63) is 29.8 Å². The van der Waals surface area contributed by atoms with E-state index in [1.54, 1.807) is 31.4 Å². The van der Waals surface area contributed by atoms with Crippen LogP contribution in [0.25, 0.3) is 0 Å². The SMILES string of the molecule is COCCc1ccc(S(=O)(=O)N2CCCC(C(=O)NCCN)C2)cc1.Cl. The second-order valence-corrected chi connectivity index (χ2v) is 8.11. The predicted octanol–water partition coefficient (Wildman–Crippen LogP) is 0.773. The van der Waals surface area contributed by atoms with Crippen molar-refractivity contribution in [2.75, 3.05) is 39.9 Å². The van der Waals surface area contributed by atoms with Crippen LogP contribution in [0.5, 0.6) is 0 Å². The lowest BCUT2D eigenvalue weighted by Crippen LogP contribution is -2.46. The number of benzene rings is 1. The Balaban J connectivity index is 0.00000338. The number of sulfonamides is 1. The molecule has 2 rings (SSSR count). The zero-order valence-corrected chi connectivity index (χ0v) is 16.7. The van der Waals surface area contributed by atoms with Crippen molar-refractivity contribution in [3.8, 4) is 0 Å². The number of ether oxygens (including phenoxy) is 1. The number of nitrogens with two attached hydrogens (primary N) is 1. The van der Waals surface area contributed by atoms with E-state index in [-0.39, 0.29) is 35.7 Å². The highest BCUT2D eigenvalue weighted by molar-refractivity contribution is 7.89. The van der Waals surface area contributed by atoms with Crippen molar-refractivity contribution < 1.29 is 17.9 Å². The van der Waals surface area contributed by atoms with Crippen molar-refractivity contribution in [1.82, 2.24) is 9.62 Å². The number of halogens is 1. The molecule has 0 aromatic heterocycles. The molecule has 1 aliphatic heterocycles. The van der Waals surface area contributed by atoms with Gasteiger partial charge in [-0.05, 0) is 37.0 Å². The van der Waals surface area contributed by atoms with Crippen LogP contribution in [0.3, 0.4) is 0 Å². The first-order chi connectivity index (χ1) is 12.0. The molecule has 1 unspecified atom stereocenters. The number of hydrogen-bond acceptors (Lipinski definition) is 5. The molecule has 0 bridgehead atoms. The second-order valence-electron chi connectivity index (χ2n) is 6.17. The Hall–Kier alpha value is -1.19. The summed E-state index contributed by atoms with van der Waals surface area (Å²) in [7, 11) is -1.95. The molecule has 1 aliphatic rings. The Morgan fingerprint density at radius 2 is 2.04 bits per heavy atom. The van der Waals surface area contributed by atoms with E-state index < -0.39 is 10.0 Å². The van der Waals surface area contributed by atoms with Gasteiger partial charge >= 0.3 is 0 Å². The van der Waals surface area contributed by atoms with Gasteiger partial charge in [-0.25, -0.2) is 8.42 Å².